The summed E-state index contributed by atoms with van der Waals surface area (Å²) in [5, 5.41) is 0.458. The van der Waals surface area contributed by atoms with Gasteiger partial charge in [0.25, 0.3) is 6.47 Å². The van der Waals surface area contributed by atoms with Gasteiger partial charge in [0.15, 0.2) is 0 Å². The predicted octanol–water partition coefficient (Wildman–Crippen LogP) is 2.33. The van der Waals surface area contributed by atoms with Gasteiger partial charge >= 0.3 is 0 Å². The molecule has 80 valence electrons. The molecule has 0 spiro atoms. The molecule has 5 heteroatoms. The number of rotatable bonds is 3. The van der Waals surface area contributed by atoms with Gasteiger partial charge < -0.3 is 4.74 Å². The fourth-order valence-corrected chi connectivity index (χ4v) is 1.54. The molecule has 2 aromatic rings. The van der Waals surface area contributed by atoms with E-state index in [1.165, 1.54) is 0 Å². The number of ether oxygens (including phenoxy) is 1. The lowest BCUT2D eigenvalue weighted by Crippen LogP contribution is -1.90. The van der Waals surface area contributed by atoms with Crippen molar-refractivity contribution in [3.8, 4) is 17.0 Å². The molecule has 4 nitrogen and oxygen atoms in total. The highest BCUT2D eigenvalue weighted by molar-refractivity contribution is 6.33. The lowest BCUT2D eigenvalue weighted by molar-refractivity contribution is -0.120. The second-order valence-corrected chi connectivity index (χ2v) is 3.35. The van der Waals surface area contributed by atoms with E-state index in [0.29, 0.717) is 22.9 Å². The van der Waals surface area contributed by atoms with Crippen LogP contribution in [0.2, 0.25) is 5.02 Å². The Balaban J connectivity index is 2.40. The van der Waals surface area contributed by atoms with E-state index >= 15 is 0 Å². The van der Waals surface area contributed by atoms with Crippen LogP contribution in [0.5, 0.6) is 5.75 Å². The zero-order valence-electron chi connectivity index (χ0n) is 8.13. The second-order valence-electron chi connectivity index (χ2n) is 2.95. The van der Waals surface area contributed by atoms with Gasteiger partial charge in [0.05, 0.1) is 16.9 Å². The van der Waals surface area contributed by atoms with Crippen LogP contribution in [0.3, 0.4) is 0 Å². The number of halogens is 1. The summed E-state index contributed by atoms with van der Waals surface area (Å²) in [4.78, 5) is 18.2. The number of carbonyl (C=O) groups is 1. The van der Waals surface area contributed by atoms with E-state index in [2.05, 4.69) is 14.7 Å². The maximum Gasteiger partial charge on any atom is 0.298 e. The molecule has 0 atom stereocenters. The van der Waals surface area contributed by atoms with Gasteiger partial charge in [-0.3, -0.25) is 14.8 Å². The van der Waals surface area contributed by atoms with Gasteiger partial charge in [-0.25, -0.2) is 0 Å². The first-order valence-electron chi connectivity index (χ1n) is 4.47. The SMILES string of the molecule is O=COc1ccc(-c2cnccn2)c(Cl)c1. The van der Waals surface area contributed by atoms with Crippen LogP contribution in [0, 0.1) is 0 Å². The predicted molar refractivity (Wildman–Crippen MR) is 59.2 cm³/mol. The first kappa shape index (κ1) is 10.6. The molecule has 0 saturated carbocycles. The largest absolute Gasteiger partial charge is 0.429 e. The maximum atomic E-state index is 10.2. The van der Waals surface area contributed by atoms with Crippen LogP contribution in [0.4, 0.5) is 0 Å². The van der Waals surface area contributed by atoms with Crippen molar-refractivity contribution in [3.05, 3.63) is 41.8 Å². The van der Waals surface area contributed by atoms with Crippen LogP contribution in [0.1, 0.15) is 0 Å². The summed E-state index contributed by atoms with van der Waals surface area (Å²) >= 11 is 6.04. The van der Waals surface area contributed by atoms with Crippen molar-refractivity contribution in [2.24, 2.45) is 0 Å². The fraction of sp³-hybridized carbons (Fsp3) is 0. The van der Waals surface area contributed by atoms with Crippen molar-refractivity contribution in [1.29, 1.82) is 0 Å². The van der Waals surface area contributed by atoms with Gasteiger partial charge in [0, 0.05) is 24.0 Å². The number of nitrogens with zero attached hydrogens (tertiary/aromatic N) is 2. The molecule has 0 N–H and O–H groups in total. The lowest BCUT2D eigenvalue weighted by atomic mass is 10.1. The molecule has 0 aliphatic heterocycles. The molecular formula is C11H7ClN2O2. The van der Waals surface area contributed by atoms with Gasteiger partial charge in [0.1, 0.15) is 5.75 Å². The zero-order valence-corrected chi connectivity index (χ0v) is 8.89. The average molecular weight is 235 g/mol. The summed E-state index contributed by atoms with van der Waals surface area (Å²) in [6.45, 7) is 0.355. The minimum atomic E-state index is 0.355. The first-order chi connectivity index (χ1) is 7.81. The van der Waals surface area contributed by atoms with Gasteiger partial charge in [0.2, 0.25) is 0 Å². The minimum absolute atomic E-state index is 0.355. The van der Waals surface area contributed by atoms with Crippen LogP contribution in [-0.2, 0) is 4.79 Å². The Hall–Kier alpha value is -1.94. The van der Waals surface area contributed by atoms with Crippen LogP contribution in [-0.4, -0.2) is 16.4 Å². The van der Waals surface area contributed by atoms with E-state index in [-0.39, 0.29) is 0 Å². The van der Waals surface area contributed by atoms with Crippen molar-refractivity contribution in [3.63, 3.8) is 0 Å². The number of aromatic nitrogens is 2. The van der Waals surface area contributed by atoms with E-state index in [9.17, 15) is 4.79 Å². The summed E-state index contributed by atoms with van der Waals surface area (Å²) in [7, 11) is 0. The number of hydrogen-bond acceptors (Lipinski definition) is 4. The molecule has 0 radical (unpaired) electrons. The fourth-order valence-electron chi connectivity index (χ4n) is 1.27. The van der Waals surface area contributed by atoms with E-state index in [1.54, 1.807) is 36.8 Å². The highest BCUT2D eigenvalue weighted by Crippen LogP contribution is 2.29. The third-order valence-electron chi connectivity index (χ3n) is 1.96. The van der Waals surface area contributed by atoms with Crippen molar-refractivity contribution < 1.29 is 9.53 Å². The molecule has 0 unspecified atom stereocenters. The Labute approximate surface area is 96.9 Å². The summed E-state index contributed by atoms with van der Waals surface area (Å²) in [6, 6.07) is 4.93. The van der Waals surface area contributed by atoms with Crippen LogP contribution >= 0.6 is 11.6 Å². The molecule has 16 heavy (non-hydrogen) atoms. The minimum Gasteiger partial charge on any atom is -0.429 e. The van der Waals surface area contributed by atoms with Crippen LogP contribution in [0.15, 0.2) is 36.8 Å². The molecule has 0 saturated heterocycles. The van der Waals surface area contributed by atoms with Crippen molar-refractivity contribution >= 4 is 18.1 Å². The van der Waals surface area contributed by atoms with E-state index in [0.717, 1.165) is 5.56 Å². The quantitative estimate of drug-likeness (QED) is 0.765. The van der Waals surface area contributed by atoms with Gasteiger partial charge in [-0.1, -0.05) is 11.6 Å². The standard InChI is InChI=1S/C11H7ClN2O2/c12-10-5-8(16-7-15)1-2-9(10)11-6-13-3-4-14-11/h1-7H. The summed E-state index contributed by atoms with van der Waals surface area (Å²) in [5.74, 6) is 0.396. The van der Waals surface area contributed by atoms with Gasteiger partial charge in [-0.05, 0) is 12.1 Å². The Bertz CT molecular complexity index is 503. The van der Waals surface area contributed by atoms with E-state index < -0.39 is 0 Å². The molecule has 0 fully saturated rings. The zero-order chi connectivity index (χ0) is 11.4. The summed E-state index contributed by atoms with van der Waals surface area (Å²) < 4.78 is 4.68. The topological polar surface area (TPSA) is 52.1 Å². The first-order valence-corrected chi connectivity index (χ1v) is 4.85. The molecule has 0 aliphatic rings. The van der Waals surface area contributed by atoms with Crippen molar-refractivity contribution in [2.75, 3.05) is 0 Å². The molecular weight excluding hydrogens is 228 g/mol. The Morgan fingerprint density at radius 3 is 2.81 bits per heavy atom. The normalized spacial score (nSPS) is 9.81. The van der Waals surface area contributed by atoms with Crippen LogP contribution in [0.25, 0.3) is 11.3 Å². The third kappa shape index (κ3) is 2.17. The molecule has 1 aromatic heterocycles. The Kier molecular flexibility index (Phi) is 3.12. The molecule has 1 heterocycles. The molecule has 1 aromatic carbocycles. The number of carbonyl (C=O) groups excluding carboxylic acids is 1. The van der Waals surface area contributed by atoms with E-state index in [4.69, 9.17) is 11.6 Å². The van der Waals surface area contributed by atoms with E-state index in [1.807, 2.05) is 0 Å². The highest BCUT2D eigenvalue weighted by atomic mass is 35.5. The third-order valence-corrected chi connectivity index (χ3v) is 2.28. The van der Waals surface area contributed by atoms with Gasteiger partial charge in [-0.2, -0.15) is 0 Å². The van der Waals surface area contributed by atoms with Gasteiger partial charge in [-0.15, -0.1) is 0 Å². The summed E-state index contributed by atoms with van der Waals surface area (Å²) in [5.41, 5.74) is 1.41. The average Bonchev–Trinajstić information content (AvgIpc) is 2.31. The molecule has 0 aliphatic carbocycles. The second kappa shape index (κ2) is 4.72. The molecule has 0 bridgehead atoms. The van der Waals surface area contributed by atoms with Crippen LogP contribution < -0.4 is 4.74 Å². The maximum absolute atomic E-state index is 10.2. The Morgan fingerprint density at radius 1 is 1.31 bits per heavy atom. The lowest BCUT2D eigenvalue weighted by Gasteiger charge is -2.04. The number of benzene rings is 1. The monoisotopic (exact) mass is 234 g/mol. The Morgan fingerprint density at radius 2 is 2.19 bits per heavy atom. The highest BCUT2D eigenvalue weighted by Gasteiger charge is 2.06. The summed E-state index contributed by atoms with van der Waals surface area (Å²) in [6.07, 6.45) is 4.78. The molecule has 0 amide bonds. The van der Waals surface area contributed by atoms with Crippen molar-refractivity contribution in [1.82, 2.24) is 9.97 Å². The smallest absolute Gasteiger partial charge is 0.298 e. The van der Waals surface area contributed by atoms with Crippen molar-refractivity contribution in [2.45, 2.75) is 0 Å². The molecule has 2 rings (SSSR count). The number of hydrogen-bond donors (Lipinski definition) is 0.